The molecule has 0 N–H and O–H groups in total. The van der Waals surface area contributed by atoms with E-state index in [0.29, 0.717) is 13.1 Å². The quantitative estimate of drug-likeness (QED) is 0.638. The van der Waals surface area contributed by atoms with Gasteiger partial charge in [-0.2, -0.15) is 0 Å². The topological polar surface area (TPSA) is 40.6 Å². The maximum absolute atomic E-state index is 12.5. The summed E-state index contributed by atoms with van der Waals surface area (Å²) >= 11 is 0. The highest BCUT2D eigenvalue weighted by Gasteiger charge is 2.40. The van der Waals surface area contributed by atoms with Crippen LogP contribution in [0.2, 0.25) is 0 Å². The van der Waals surface area contributed by atoms with Crippen LogP contribution in [0, 0.1) is 0 Å². The first-order valence-corrected chi connectivity index (χ1v) is 11.3. The Morgan fingerprint density at radius 1 is 0.786 bits per heavy atom. The van der Waals surface area contributed by atoms with Crippen molar-refractivity contribution in [1.29, 1.82) is 0 Å². The lowest BCUT2D eigenvalue weighted by molar-refractivity contribution is 0.116. The molecule has 0 aromatic heterocycles. The van der Waals surface area contributed by atoms with Crippen molar-refractivity contribution in [2.45, 2.75) is 12.1 Å². The largest absolute Gasteiger partial charge is 0.288 e. The third-order valence-electron chi connectivity index (χ3n) is 5.19. The Morgan fingerprint density at radius 2 is 1.21 bits per heavy atom. The van der Waals surface area contributed by atoms with Crippen LogP contribution in [0.15, 0.2) is 91.0 Å². The minimum Gasteiger partial charge on any atom is -0.288 e. The van der Waals surface area contributed by atoms with Gasteiger partial charge in [0.1, 0.15) is 0 Å². The van der Waals surface area contributed by atoms with E-state index in [2.05, 4.69) is 53.4 Å². The average molecular weight is 393 g/mol. The maximum atomic E-state index is 12.5. The summed E-state index contributed by atoms with van der Waals surface area (Å²) in [5.74, 6) is 0. The zero-order chi connectivity index (χ0) is 19.6. The molecule has 0 unspecified atom stereocenters. The molecule has 1 fully saturated rings. The van der Waals surface area contributed by atoms with E-state index in [1.165, 1.54) is 17.4 Å². The molecular weight excluding hydrogens is 368 g/mol. The van der Waals surface area contributed by atoms with E-state index in [1.807, 2.05) is 42.5 Å². The normalized spacial score (nSPS) is 15.4. The molecule has 0 radical (unpaired) electrons. The highest BCUT2D eigenvalue weighted by atomic mass is 32.2. The van der Waals surface area contributed by atoms with Crippen LogP contribution < -0.4 is 4.31 Å². The lowest BCUT2D eigenvalue weighted by atomic mass is 9.93. The number of benzene rings is 3. The number of rotatable bonds is 6. The van der Waals surface area contributed by atoms with E-state index < -0.39 is 10.0 Å². The average Bonchev–Trinajstić information content (AvgIpc) is 2.67. The van der Waals surface area contributed by atoms with E-state index in [0.717, 1.165) is 5.69 Å². The molecule has 3 aromatic rings. The van der Waals surface area contributed by atoms with Gasteiger partial charge in [0, 0.05) is 13.1 Å². The second-order valence-electron chi connectivity index (χ2n) is 7.23. The van der Waals surface area contributed by atoms with Crippen molar-refractivity contribution in [2.24, 2.45) is 0 Å². The first-order valence-electron chi connectivity index (χ1n) is 9.42. The fourth-order valence-electron chi connectivity index (χ4n) is 3.98. The predicted octanol–water partition coefficient (Wildman–Crippen LogP) is 3.93. The number of hydrogen-bond donors (Lipinski definition) is 0. The number of anilines is 1. The van der Waals surface area contributed by atoms with E-state index in [9.17, 15) is 8.42 Å². The van der Waals surface area contributed by atoms with Crippen LogP contribution >= 0.6 is 0 Å². The SMILES string of the molecule is CS(=O)(=O)N(c1ccccc1)C1CN(C(c2ccccc2)c2ccccc2)C1. The van der Waals surface area contributed by atoms with Gasteiger partial charge in [-0.15, -0.1) is 0 Å². The van der Waals surface area contributed by atoms with Crippen molar-refractivity contribution < 1.29 is 8.42 Å². The van der Waals surface area contributed by atoms with Crippen LogP contribution in [0.5, 0.6) is 0 Å². The minimum absolute atomic E-state index is 0.0627. The molecule has 0 bridgehead atoms. The number of sulfonamides is 1. The molecule has 4 nitrogen and oxygen atoms in total. The molecule has 4 rings (SSSR count). The van der Waals surface area contributed by atoms with Gasteiger partial charge in [-0.25, -0.2) is 8.42 Å². The number of likely N-dealkylation sites (tertiary alicyclic amines) is 1. The molecule has 1 saturated heterocycles. The molecule has 1 heterocycles. The fraction of sp³-hybridized carbons (Fsp3) is 0.217. The Morgan fingerprint density at radius 3 is 1.64 bits per heavy atom. The molecular formula is C23H24N2O2S. The first kappa shape index (κ1) is 18.7. The van der Waals surface area contributed by atoms with Gasteiger partial charge >= 0.3 is 0 Å². The Labute approximate surface area is 167 Å². The Kier molecular flexibility index (Phi) is 5.20. The second kappa shape index (κ2) is 7.78. The van der Waals surface area contributed by atoms with Gasteiger partial charge < -0.3 is 0 Å². The molecule has 144 valence electrons. The smallest absolute Gasteiger partial charge is 0.232 e. The van der Waals surface area contributed by atoms with Crippen LogP contribution in [0.1, 0.15) is 17.2 Å². The van der Waals surface area contributed by atoms with Crippen molar-refractivity contribution >= 4 is 15.7 Å². The summed E-state index contributed by atoms with van der Waals surface area (Å²) in [6, 6.07) is 30.2. The summed E-state index contributed by atoms with van der Waals surface area (Å²) in [6.45, 7) is 1.38. The molecule has 0 spiro atoms. The highest BCUT2D eigenvalue weighted by Crippen LogP contribution is 2.35. The number of hydrogen-bond acceptors (Lipinski definition) is 3. The molecule has 0 amide bonds. The van der Waals surface area contributed by atoms with Crippen LogP contribution in [-0.4, -0.2) is 38.7 Å². The van der Waals surface area contributed by atoms with Crippen molar-refractivity contribution in [3.8, 4) is 0 Å². The van der Waals surface area contributed by atoms with Gasteiger partial charge in [-0.3, -0.25) is 9.21 Å². The molecule has 0 saturated carbocycles. The van der Waals surface area contributed by atoms with E-state index in [4.69, 9.17) is 0 Å². The van der Waals surface area contributed by atoms with Crippen LogP contribution in [-0.2, 0) is 10.0 Å². The standard InChI is InChI=1S/C23H24N2O2S/c1-28(26,27)25(21-15-9-4-10-16-21)22-17-24(18-22)23(19-11-5-2-6-12-19)20-13-7-3-8-14-20/h2-16,22-23H,17-18H2,1H3. The van der Waals surface area contributed by atoms with Crippen molar-refractivity contribution in [3.05, 3.63) is 102 Å². The fourth-order valence-corrected chi connectivity index (χ4v) is 5.16. The number of para-hydroxylation sites is 1. The van der Waals surface area contributed by atoms with Gasteiger partial charge in [-0.1, -0.05) is 78.9 Å². The van der Waals surface area contributed by atoms with E-state index in [1.54, 1.807) is 4.31 Å². The Bertz CT molecular complexity index is 963. The molecule has 28 heavy (non-hydrogen) atoms. The van der Waals surface area contributed by atoms with Gasteiger partial charge in [0.05, 0.1) is 24.0 Å². The van der Waals surface area contributed by atoms with Crippen LogP contribution in [0.25, 0.3) is 0 Å². The van der Waals surface area contributed by atoms with Crippen LogP contribution in [0.4, 0.5) is 5.69 Å². The monoisotopic (exact) mass is 392 g/mol. The van der Waals surface area contributed by atoms with Crippen LogP contribution in [0.3, 0.4) is 0 Å². The molecule has 5 heteroatoms. The summed E-state index contributed by atoms with van der Waals surface area (Å²) in [5, 5.41) is 0. The summed E-state index contributed by atoms with van der Waals surface area (Å²) in [4.78, 5) is 2.34. The minimum atomic E-state index is -3.35. The summed E-state index contributed by atoms with van der Waals surface area (Å²) in [7, 11) is -3.35. The third kappa shape index (κ3) is 3.81. The summed E-state index contributed by atoms with van der Waals surface area (Å²) in [6.07, 6.45) is 1.29. The van der Waals surface area contributed by atoms with Gasteiger partial charge in [0.15, 0.2) is 0 Å². The molecule has 0 aliphatic carbocycles. The van der Waals surface area contributed by atoms with Gasteiger partial charge in [0.25, 0.3) is 0 Å². The summed E-state index contributed by atoms with van der Waals surface area (Å²) in [5.41, 5.74) is 3.17. The van der Waals surface area contributed by atoms with Crippen molar-refractivity contribution in [1.82, 2.24) is 4.90 Å². The zero-order valence-electron chi connectivity index (χ0n) is 15.8. The Hall–Kier alpha value is -2.63. The van der Waals surface area contributed by atoms with E-state index in [-0.39, 0.29) is 12.1 Å². The van der Waals surface area contributed by atoms with Gasteiger partial charge in [-0.05, 0) is 23.3 Å². The predicted molar refractivity (Wildman–Crippen MR) is 114 cm³/mol. The molecule has 0 atom stereocenters. The number of nitrogens with zero attached hydrogens (tertiary/aromatic N) is 2. The zero-order valence-corrected chi connectivity index (χ0v) is 16.7. The Balaban J connectivity index is 1.61. The first-order chi connectivity index (χ1) is 13.5. The highest BCUT2D eigenvalue weighted by molar-refractivity contribution is 7.92. The van der Waals surface area contributed by atoms with Gasteiger partial charge in [0.2, 0.25) is 10.0 Å². The molecule has 1 aliphatic rings. The lowest BCUT2D eigenvalue weighted by Gasteiger charge is -2.48. The lowest BCUT2D eigenvalue weighted by Crippen LogP contribution is -2.61. The molecule has 3 aromatic carbocycles. The third-order valence-corrected chi connectivity index (χ3v) is 6.41. The second-order valence-corrected chi connectivity index (χ2v) is 9.09. The van der Waals surface area contributed by atoms with E-state index >= 15 is 0 Å². The molecule has 1 aliphatic heterocycles. The summed E-state index contributed by atoms with van der Waals surface area (Å²) < 4.78 is 26.5. The van der Waals surface area contributed by atoms with Crippen molar-refractivity contribution in [2.75, 3.05) is 23.7 Å². The van der Waals surface area contributed by atoms with Crippen molar-refractivity contribution in [3.63, 3.8) is 0 Å². The maximum Gasteiger partial charge on any atom is 0.232 e.